The number of Topliss-reactive ketones (excluding diaryl/α,β-unsaturated/α-hetero) is 1. The van der Waals surface area contributed by atoms with Crippen molar-refractivity contribution in [2.75, 3.05) is 27.2 Å². The Kier molecular flexibility index (Phi) is 7.80. The average molecular weight is 493 g/mol. The van der Waals surface area contributed by atoms with Crippen LogP contribution < -0.4 is 20.7 Å². The van der Waals surface area contributed by atoms with Crippen LogP contribution in [0.4, 0.5) is 22.9 Å². The number of carbonyl (C=O) groups excluding carboxylic acids is 1. The van der Waals surface area contributed by atoms with Crippen LogP contribution in [-0.4, -0.2) is 65.2 Å². The van der Waals surface area contributed by atoms with Crippen molar-refractivity contribution in [3.8, 4) is 6.07 Å². The third kappa shape index (κ3) is 5.66. The van der Waals surface area contributed by atoms with E-state index in [1.165, 1.54) is 24.3 Å². The number of nitriles is 1. The van der Waals surface area contributed by atoms with Crippen LogP contribution in [0.5, 0.6) is 0 Å². The van der Waals surface area contributed by atoms with Crippen molar-refractivity contribution in [2.24, 2.45) is 0 Å². The molecule has 1 aromatic heterocycles. The van der Waals surface area contributed by atoms with Crippen molar-refractivity contribution < 1.29 is 22.4 Å². The number of benzene rings is 2. The number of ketones is 1. The molecule has 4 rings (SSSR count). The maximum atomic E-state index is 13.2. The molecule has 34 heavy (non-hydrogen) atoms. The summed E-state index contributed by atoms with van der Waals surface area (Å²) in [5.74, 6) is 0.00532. The third-order valence-electron chi connectivity index (χ3n) is 4.92. The molecule has 2 aromatic carbocycles. The van der Waals surface area contributed by atoms with Crippen LogP contribution in [0.15, 0.2) is 53.2 Å². The molecule has 14 heteroatoms. The van der Waals surface area contributed by atoms with Crippen molar-refractivity contribution in [3.05, 3.63) is 59.8 Å². The van der Waals surface area contributed by atoms with E-state index in [1.54, 1.807) is 0 Å². The molecule has 3 aromatic rings. The van der Waals surface area contributed by atoms with Crippen LogP contribution in [0.1, 0.15) is 28.9 Å². The van der Waals surface area contributed by atoms with Crippen LogP contribution in [0.3, 0.4) is 0 Å². The van der Waals surface area contributed by atoms with Gasteiger partial charge in [0.1, 0.15) is 0 Å². The molecular formula is C20H20N7NaO5S. The second-order valence-corrected chi connectivity index (χ2v) is 8.41. The van der Waals surface area contributed by atoms with Crippen LogP contribution in [-0.2, 0) is 16.0 Å². The predicted octanol–water partition coefficient (Wildman–Crippen LogP) is 1.92. The fourth-order valence-electron chi connectivity index (χ4n) is 3.52. The van der Waals surface area contributed by atoms with E-state index >= 15 is 0 Å². The van der Waals surface area contributed by atoms with Gasteiger partial charge in [0.05, 0.1) is 36.0 Å². The van der Waals surface area contributed by atoms with Gasteiger partial charge < -0.3 is 16.0 Å². The molecule has 2 heterocycles. The van der Waals surface area contributed by atoms with Gasteiger partial charge in [0, 0.05) is 12.1 Å². The molecule has 0 aliphatic carbocycles. The number of hydrogen-bond donors (Lipinski definition) is 5. The molecule has 0 atom stereocenters. The second-order valence-electron chi connectivity index (χ2n) is 7.25. The third-order valence-corrected chi connectivity index (χ3v) is 5.42. The zero-order chi connectivity index (χ0) is 23.5. The van der Waals surface area contributed by atoms with Gasteiger partial charge in [-0.3, -0.25) is 14.1 Å². The number of nitrogens with zero attached hydrogens (tertiary/aromatic N) is 3. The van der Waals surface area contributed by atoms with Crippen LogP contribution in [0.25, 0.3) is 0 Å². The van der Waals surface area contributed by atoms with Crippen molar-refractivity contribution in [2.45, 2.75) is 18.5 Å². The first-order valence-corrected chi connectivity index (χ1v) is 11.2. The molecule has 12 nitrogen and oxygen atoms in total. The van der Waals surface area contributed by atoms with E-state index in [9.17, 15) is 13.2 Å². The summed E-state index contributed by atoms with van der Waals surface area (Å²) < 4.78 is 37.7. The molecule has 1 aliphatic rings. The van der Waals surface area contributed by atoms with Gasteiger partial charge in [-0.15, -0.1) is 0 Å². The number of rotatable bonds is 9. The van der Waals surface area contributed by atoms with Crippen LogP contribution in [0, 0.1) is 11.3 Å². The number of anilines is 4. The number of nitrogens with one attached hydrogen (secondary N) is 4. The van der Waals surface area contributed by atoms with Crippen molar-refractivity contribution >= 4 is 68.5 Å². The van der Waals surface area contributed by atoms with Gasteiger partial charge in [-0.2, -0.15) is 13.7 Å². The van der Waals surface area contributed by atoms with Crippen molar-refractivity contribution in [1.82, 2.24) is 10.3 Å². The van der Waals surface area contributed by atoms with Gasteiger partial charge in [-0.05, 0) is 46.7 Å². The second kappa shape index (κ2) is 10.4. The Labute approximate surface area is 217 Å². The van der Waals surface area contributed by atoms with Crippen molar-refractivity contribution in [1.29, 1.82) is 5.26 Å². The number of para-hydroxylation sites is 2. The summed E-state index contributed by atoms with van der Waals surface area (Å²) in [6.45, 7) is 0.316. The number of hydrogen-bond acceptors (Lipinski definition) is 10. The molecule has 5 N–H and O–H groups in total. The maximum absolute atomic E-state index is 13.2. The summed E-state index contributed by atoms with van der Waals surface area (Å²) in [6, 6.07) is 15.0. The van der Waals surface area contributed by atoms with E-state index in [0.29, 0.717) is 23.6 Å². The summed E-state index contributed by atoms with van der Waals surface area (Å²) in [4.78, 5) is 13.2. The molecular weight excluding hydrogens is 473 g/mol. The summed E-state index contributed by atoms with van der Waals surface area (Å²) in [6.07, 6.45) is 0.136. The molecule has 0 bridgehead atoms. The monoisotopic (exact) mass is 493 g/mol. The van der Waals surface area contributed by atoms with Gasteiger partial charge in [0.2, 0.25) is 0 Å². The van der Waals surface area contributed by atoms with Crippen LogP contribution >= 0.6 is 0 Å². The topological polar surface area (TPSA) is 182 Å². The molecule has 0 fully saturated rings. The summed E-state index contributed by atoms with van der Waals surface area (Å²) in [7, 11) is -4.42. The molecule has 1 aliphatic heterocycles. The fraction of sp³-hybridized carbons (Fsp3) is 0.200. The minimum absolute atomic E-state index is 0. The van der Waals surface area contributed by atoms with E-state index in [0.717, 1.165) is 11.4 Å². The Balaban J connectivity index is 0.00000324. The van der Waals surface area contributed by atoms with Gasteiger partial charge in [0.15, 0.2) is 23.0 Å². The predicted molar refractivity (Wildman–Crippen MR) is 126 cm³/mol. The average Bonchev–Trinajstić information content (AvgIpc) is 3.38. The molecule has 0 saturated heterocycles. The van der Waals surface area contributed by atoms with Gasteiger partial charge >= 0.3 is 39.9 Å². The zero-order valence-corrected chi connectivity index (χ0v) is 17.9. The number of carbonyl (C=O) groups is 1. The normalized spacial score (nSPS) is 13.4. The zero-order valence-electron chi connectivity index (χ0n) is 17.1. The van der Waals surface area contributed by atoms with Crippen molar-refractivity contribution in [3.63, 3.8) is 0 Å². The SMILES string of the molecule is N#CCCNc1nonc1C1(CC(=O)c2ccc(NS(=O)(=O)O)cc2)Nc2ccccc2N1.[NaH]. The molecule has 0 amide bonds. The molecule has 0 saturated carbocycles. The quantitative estimate of drug-likeness (QED) is 0.127. The van der Waals surface area contributed by atoms with Crippen LogP contribution in [0.2, 0.25) is 0 Å². The van der Waals surface area contributed by atoms with E-state index in [1.807, 2.05) is 35.1 Å². The molecule has 0 radical (unpaired) electrons. The molecule has 0 spiro atoms. The summed E-state index contributed by atoms with van der Waals surface area (Å²) in [5, 5.41) is 26.3. The Morgan fingerprint density at radius 2 is 1.76 bits per heavy atom. The Hall–Kier alpha value is -3.15. The van der Waals surface area contributed by atoms with E-state index in [2.05, 4.69) is 26.3 Å². The van der Waals surface area contributed by atoms with E-state index in [4.69, 9.17) is 14.4 Å². The minimum atomic E-state index is -4.42. The number of aromatic nitrogens is 2. The first-order valence-electron chi connectivity index (χ1n) is 9.77. The summed E-state index contributed by atoms with van der Waals surface area (Å²) in [5.41, 5.74) is 1.05. The van der Waals surface area contributed by atoms with Gasteiger partial charge in [0.25, 0.3) is 0 Å². The Morgan fingerprint density at radius 1 is 1.12 bits per heavy atom. The van der Waals surface area contributed by atoms with E-state index in [-0.39, 0.29) is 53.9 Å². The first kappa shape index (κ1) is 25.5. The fourth-order valence-corrected chi connectivity index (χ4v) is 3.95. The summed E-state index contributed by atoms with van der Waals surface area (Å²) >= 11 is 0. The Bertz CT molecular complexity index is 1300. The molecule has 0 unspecified atom stereocenters. The first-order chi connectivity index (χ1) is 15.8. The van der Waals surface area contributed by atoms with Gasteiger partial charge in [-0.25, -0.2) is 4.63 Å². The molecule has 172 valence electrons. The standard InChI is InChI=1S/C20H19N7O5S.Na.H/c21-10-3-11-22-19-18(25-32-26-19)20(23-15-4-1-2-5-16(15)24-20)12-17(28)13-6-8-14(9-7-13)27-33(29,30)31;;/h1-2,4-9,23-24,27H,3,11-12H2,(H,22,26)(H,29,30,31);;. The van der Waals surface area contributed by atoms with E-state index < -0.39 is 16.0 Å². The Morgan fingerprint density at radius 3 is 2.35 bits per heavy atom. The van der Waals surface area contributed by atoms with Gasteiger partial charge in [-0.1, -0.05) is 12.1 Å². The number of fused-ring (bicyclic) bond motifs is 1.